The number of aliphatic hydroxyl groups excluding tert-OH is 2. The van der Waals surface area contributed by atoms with Gasteiger partial charge in [-0.1, -0.05) is 0 Å². The summed E-state index contributed by atoms with van der Waals surface area (Å²) in [4.78, 5) is -0.575. The van der Waals surface area contributed by atoms with Gasteiger partial charge < -0.3 is 15.9 Å². The first-order valence-corrected chi connectivity index (χ1v) is 7.57. The second-order valence-electron chi connectivity index (χ2n) is 4.26. The maximum Gasteiger partial charge on any atom is 0.246 e. The van der Waals surface area contributed by atoms with Crippen LogP contribution in [0.2, 0.25) is 0 Å². The molecule has 4 N–H and O–H groups in total. The van der Waals surface area contributed by atoms with Crippen molar-refractivity contribution < 1.29 is 23.0 Å². The van der Waals surface area contributed by atoms with Crippen molar-refractivity contribution in [2.75, 3.05) is 18.8 Å². The molecule has 1 aliphatic rings. The first-order chi connectivity index (χ1) is 8.73. The van der Waals surface area contributed by atoms with Crippen LogP contribution in [0.3, 0.4) is 0 Å². The summed E-state index contributed by atoms with van der Waals surface area (Å²) in [6, 6.07) is 1.97. The standard InChI is InChI=1S/C10H12BrFN2O4S/c11-5-1-6(12)10(2-7(5)13)19(17,18)14-3-8(15)9(16)4-14/h1-2,8-9,15-16H,3-4,13H2/t8-,9+. The molecule has 2 rings (SSSR count). The Labute approximate surface area is 117 Å². The molecule has 0 spiro atoms. The molecule has 0 unspecified atom stereocenters. The normalized spacial score (nSPS) is 24.8. The maximum atomic E-state index is 13.8. The van der Waals surface area contributed by atoms with Crippen LogP contribution < -0.4 is 5.73 Å². The summed E-state index contributed by atoms with van der Waals surface area (Å²) < 4.78 is 39.2. The fourth-order valence-electron chi connectivity index (χ4n) is 1.81. The zero-order valence-electron chi connectivity index (χ0n) is 9.62. The highest BCUT2D eigenvalue weighted by Gasteiger charge is 2.38. The molecule has 1 saturated heterocycles. The third kappa shape index (κ3) is 2.61. The topological polar surface area (TPSA) is 104 Å². The molecular weight excluding hydrogens is 343 g/mol. The smallest absolute Gasteiger partial charge is 0.246 e. The minimum absolute atomic E-state index is 0.0836. The molecule has 2 atom stereocenters. The lowest BCUT2D eigenvalue weighted by Gasteiger charge is -2.16. The molecule has 0 amide bonds. The Morgan fingerprint density at radius 3 is 2.37 bits per heavy atom. The monoisotopic (exact) mass is 354 g/mol. The summed E-state index contributed by atoms with van der Waals surface area (Å²) in [6.45, 7) is -0.558. The Bertz CT molecular complexity index is 600. The number of nitrogens with zero attached hydrogens (tertiary/aromatic N) is 1. The number of nitrogens with two attached hydrogens (primary N) is 1. The SMILES string of the molecule is Nc1cc(S(=O)(=O)N2C[C@@H](O)[C@@H](O)C2)c(F)cc1Br. The van der Waals surface area contributed by atoms with Crippen molar-refractivity contribution in [1.29, 1.82) is 0 Å². The number of sulfonamides is 1. The van der Waals surface area contributed by atoms with Crippen LogP contribution in [0, 0.1) is 5.82 Å². The van der Waals surface area contributed by atoms with E-state index in [0.717, 1.165) is 16.4 Å². The molecule has 0 aliphatic carbocycles. The van der Waals surface area contributed by atoms with Gasteiger partial charge in [0.1, 0.15) is 10.7 Å². The molecule has 1 aliphatic heterocycles. The van der Waals surface area contributed by atoms with E-state index in [-0.39, 0.29) is 23.2 Å². The quantitative estimate of drug-likeness (QED) is 0.643. The second kappa shape index (κ2) is 4.98. The van der Waals surface area contributed by atoms with Gasteiger partial charge in [0.15, 0.2) is 0 Å². The third-order valence-corrected chi connectivity index (χ3v) is 5.43. The van der Waals surface area contributed by atoms with Crippen molar-refractivity contribution in [3.8, 4) is 0 Å². The molecule has 106 valence electrons. The molecule has 0 saturated carbocycles. The number of halogens is 2. The summed E-state index contributed by atoms with van der Waals surface area (Å²) in [7, 11) is -4.14. The predicted octanol–water partition coefficient (Wildman–Crippen LogP) is -0.103. The van der Waals surface area contributed by atoms with Crippen LogP contribution >= 0.6 is 15.9 Å². The van der Waals surface area contributed by atoms with Crippen LogP contribution in [0.5, 0.6) is 0 Å². The average molecular weight is 355 g/mol. The van der Waals surface area contributed by atoms with E-state index in [1.54, 1.807) is 0 Å². The minimum atomic E-state index is -4.14. The Kier molecular flexibility index (Phi) is 3.85. The first-order valence-electron chi connectivity index (χ1n) is 5.34. The Balaban J connectivity index is 2.43. The number of benzene rings is 1. The van der Waals surface area contributed by atoms with E-state index in [1.807, 2.05) is 0 Å². The molecule has 1 aromatic carbocycles. The van der Waals surface area contributed by atoms with E-state index >= 15 is 0 Å². The van der Waals surface area contributed by atoms with Gasteiger partial charge in [-0.15, -0.1) is 0 Å². The van der Waals surface area contributed by atoms with Gasteiger partial charge in [0.05, 0.1) is 12.2 Å². The number of β-amino-alcohol motifs (C(OH)–C–C–N with tert-alkyl or cyclic N) is 2. The number of aliphatic hydroxyl groups is 2. The molecule has 9 heteroatoms. The molecule has 0 aromatic heterocycles. The summed E-state index contributed by atoms with van der Waals surface area (Å²) >= 11 is 3.00. The summed E-state index contributed by atoms with van der Waals surface area (Å²) in [5.41, 5.74) is 5.63. The molecule has 1 aromatic rings. The Morgan fingerprint density at radius 2 is 1.84 bits per heavy atom. The number of rotatable bonds is 2. The van der Waals surface area contributed by atoms with Gasteiger partial charge in [0.2, 0.25) is 10.0 Å². The van der Waals surface area contributed by atoms with E-state index in [9.17, 15) is 23.0 Å². The highest BCUT2D eigenvalue weighted by atomic mass is 79.9. The van der Waals surface area contributed by atoms with Crippen LogP contribution in [0.4, 0.5) is 10.1 Å². The molecule has 1 fully saturated rings. The van der Waals surface area contributed by atoms with Crippen molar-refractivity contribution in [2.24, 2.45) is 0 Å². The van der Waals surface area contributed by atoms with Crippen molar-refractivity contribution in [1.82, 2.24) is 4.31 Å². The number of hydrogen-bond donors (Lipinski definition) is 3. The number of nitrogen functional groups attached to an aromatic ring is 1. The van der Waals surface area contributed by atoms with Crippen LogP contribution in [0.1, 0.15) is 0 Å². The van der Waals surface area contributed by atoms with Crippen molar-refractivity contribution >= 4 is 31.6 Å². The number of anilines is 1. The van der Waals surface area contributed by atoms with Gasteiger partial charge in [-0.05, 0) is 28.1 Å². The van der Waals surface area contributed by atoms with Crippen molar-refractivity contribution in [2.45, 2.75) is 17.1 Å². The Morgan fingerprint density at radius 1 is 1.32 bits per heavy atom. The predicted molar refractivity (Wildman–Crippen MR) is 69.3 cm³/mol. The molecule has 6 nitrogen and oxygen atoms in total. The third-order valence-electron chi connectivity index (χ3n) is 2.89. The van der Waals surface area contributed by atoms with Gasteiger partial charge in [-0.3, -0.25) is 0 Å². The Hall–Kier alpha value is -0.740. The van der Waals surface area contributed by atoms with Crippen LogP contribution in [0.15, 0.2) is 21.5 Å². The minimum Gasteiger partial charge on any atom is -0.398 e. The zero-order chi connectivity index (χ0) is 14.4. The fourth-order valence-corrected chi connectivity index (χ4v) is 3.69. The van der Waals surface area contributed by atoms with Gasteiger partial charge in [0.25, 0.3) is 0 Å². The largest absolute Gasteiger partial charge is 0.398 e. The maximum absolute atomic E-state index is 13.8. The van der Waals surface area contributed by atoms with E-state index < -0.39 is 32.9 Å². The lowest BCUT2D eigenvalue weighted by molar-refractivity contribution is 0.0572. The fraction of sp³-hybridized carbons (Fsp3) is 0.400. The summed E-state index contributed by atoms with van der Waals surface area (Å²) in [5, 5.41) is 18.7. The second-order valence-corrected chi connectivity index (χ2v) is 7.02. The van der Waals surface area contributed by atoms with Crippen molar-refractivity contribution in [3.05, 3.63) is 22.4 Å². The highest BCUT2D eigenvalue weighted by Crippen LogP contribution is 2.29. The van der Waals surface area contributed by atoms with Gasteiger partial charge in [-0.2, -0.15) is 4.31 Å². The van der Waals surface area contributed by atoms with Crippen molar-refractivity contribution in [3.63, 3.8) is 0 Å². The van der Waals surface area contributed by atoms with E-state index in [4.69, 9.17) is 5.73 Å². The van der Waals surface area contributed by atoms with Gasteiger partial charge in [-0.25, -0.2) is 12.8 Å². The van der Waals surface area contributed by atoms with Gasteiger partial charge >= 0.3 is 0 Å². The van der Waals surface area contributed by atoms with Gasteiger partial charge in [0, 0.05) is 23.2 Å². The molecule has 0 radical (unpaired) electrons. The molecule has 0 bridgehead atoms. The highest BCUT2D eigenvalue weighted by molar-refractivity contribution is 9.10. The lowest BCUT2D eigenvalue weighted by atomic mass is 10.3. The number of hydrogen-bond acceptors (Lipinski definition) is 5. The van der Waals surface area contributed by atoms with E-state index in [0.29, 0.717) is 0 Å². The summed E-state index contributed by atoms with van der Waals surface area (Å²) in [6.07, 6.45) is -2.35. The lowest BCUT2D eigenvalue weighted by Crippen LogP contribution is -2.30. The van der Waals surface area contributed by atoms with Crippen LogP contribution in [0.25, 0.3) is 0 Å². The van der Waals surface area contributed by atoms with E-state index in [2.05, 4.69) is 15.9 Å². The molecular formula is C10H12BrFN2O4S. The zero-order valence-corrected chi connectivity index (χ0v) is 12.0. The van der Waals surface area contributed by atoms with Crippen LogP contribution in [-0.4, -0.2) is 48.2 Å². The molecule has 1 heterocycles. The van der Waals surface area contributed by atoms with E-state index in [1.165, 1.54) is 0 Å². The average Bonchev–Trinajstić information content (AvgIpc) is 2.65. The summed E-state index contributed by atoms with van der Waals surface area (Å²) in [5.74, 6) is -0.947. The first kappa shape index (κ1) is 14.7. The van der Waals surface area contributed by atoms with Crippen LogP contribution in [-0.2, 0) is 10.0 Å². The molecule has 19 heavy (non-hydrogen) atoms.